The number of nitrogens with zero attached hydrogens (tertiary/aromatic N) is 2. The van der Waals surface area contributed by atoms with E-state index < -0.39 is 17.2 Å². The van der Waals surface area contributed by atoms with Crippen LogP contribution < -0.4 is 4.90 Å². The zero-order chi connectivity index (χ0) is 21.9. The second-order valence-corrected chi connectivity index (χ2v) is 8.91. The van der Waals surface area contributed by atoms with E-state index in [1.54, 1.807) is 11.0 Å². The average molecular weight is 417 g/mol. The van der Waals surface area contributed by atoms with E-state index in [4.69, 9.17) is 4.74 Å². The van der Waals surface area contributed by atoms with Crippen LogP contribution in [0.4, 0.5) is 19.3 Å². The second-order valence-electron chi connectivity index (χ2n) is 8.91. The fraction of sp³-hybridized carbons (Fsp3) is 0.458. The van der Waals surface area contributed by atoms with Crippen molar-refractivity contribution in [2.75, 3.05) is 18.0 Å². The number of halogens is 2. The molecule has 30 heavy (non-hydrogen) atoms. The number of aryl methyl sites for hydroxylation is 1. The number of ether oxygens (including phenoxy) is 1. The molecule has 0 aromatic heterocycles. The van der Waals surface area contributed by atoms with Crippen molar-refractivity contribution < 1.29 is 18.3 Å². The van der Waals surface area contributed by atoms with Gasteiger partial charge in [-0.3, -0.25) is 0 Å². The molecule has 162 valence electrons. The first-order valence-corrected chi connectivity index (χ1v) is 10.4. The number of carbonyl (C=O) groups excluding carboxylic acids is 1. The van der Waals surface area contributed by atoms with Crippen molar-refractivity contribution >= 4 is 11.8 Å². The van der Waals surface area contributed by atoms with Gasteiger partial charge in [-0.15, -0.1) is 0 Å². The molecular weight excluding hydrogens is 386 g/mol. The van der Waals surface area contributed by atoms with Crippen molar-refractivity contribution in [3.8, 4) is 0 Å². The Morgan fingerprint density at radius 1 is 1.10 bits per heavy atom. The molecule has 0 unspecified atom stereocenters. The maximum absolute atomic E-state index is 13.8. The van der Waals surface area contributed by atoms with Crippen LogP contribution >= 0.6 is 0 Å². The molecule has 3 rings (SSSR count). The number of piperidine rings is 1. The van der Waals surface area contributed by atoms with Gasteiger partial charge in [-0.05, 0) is 75.9 Å². The summed E-state index contributed by atoms with van der Waals surface area (Å²) in [4.78, 5) is 16.4. The summed E-state index contributed by atoms with van der Waals surface area (Å²) in [6.45, 7) is 9.28. The van der Waals surface area contributed by atoms with Crippen LogP contribution in [-0.2, 0) is 11.3 Å². The van der Waals surface area contributed by atoms with Crippen LogP contribution in [-0.4, -0.2) is 35.7 Å². The van der Waals surface area contributed by atoms with E-state index in [9.17, 15) is 13.6 Å². The Morgan fingerprint density at radius 3 is 2.40 bits per heavy atom. The van der Waals surface area contributed by atoms with Gasteiger partial charge in [-0.1, -0.05) is 18.2 Å². The number of hydrogen-bond acceptors (Lipinski definition) is 3. The minimum Gasteiger partial charge on any atom is -0.444 e. The normalized spacial score (nSPS) is 15.2. The number of benzene rings is 2. The number of likely N-dealkylation sites (tertiary alicyclic amines) is 1. The highest BCUT2D eigenvalue weighted by molar-refractivity contribution is 5.68. The number of carbonyl (C=O) groups is 1. The number of hydrogen-bond donors (Lipinski definition) is 0. The van der Waals surface area contributed by atoms with E-state index >= 15 is 0 Å². The molecule has 1 saturated heterocycles. The van der Waals surface area contributed by atoms with Gasteiger partial charge < -0.3 is 14.5 Å². The fourth-order valence-corrected chi connectivity index (χ4v) is 3.76. The topological polar surface area (TPSA) is 32.8 Å². The van der Waals surface area contributed by atoms with Gasteiger partial charge in [0, 0.05) is 31.4 Å². The summed E-state index contributed by atoms with van der Waals surface area (Å²) in [6, 6.07) is 12.4. The van der Waals surface area contributed by atoms with E-state index in [1.165, 1.54) is 12.1 Å². The highest BCUT2D eigenvalue weighted by Crippen LogP contribution is 2.27. The number of anilines is 1. The minimum atomic E-state index is -0.841. The van der Waals surface area contributed by atoms with E-state index in [2.05, 4.69) is 11.0 Å². The molecule has 2 aromatic carbocycles. The van der Waals surface area contributed by atoms with Crippen molar-refractivity contribution in [2.24, 2.45) is 0 Å². The summed E-state index contributed by atoms with van der Waals surface area (Å²) in [5.74, 6) is -1.68. The molecule has 0 bridgehead atoms. The van der Waals surface area contributed by atoms with Crippen LogP contribution in [0.5, 0.6) is 0 Å². The smallest absolute Gasteiger partial charge is 0.410 e. The summed E-state index contributed by atoms with van der Waals surface area (Å²) in [7, 11) is 0. The molecule has 0 N–H and O–H groups in total. The van der Waals surface area contributed by atoms with Crippen LogP contribution in [0.25, 0.3) is 0 Å². The molecule has 0 saturated carbocycles. The molecule has 1 aliphatic rings. The fourth-order valence-electron chi connectivity index (χ4n) is 3.76. The molecular formula is C24H30F2N2O2. The lowest BCUT2D eigenvalue weighted by Gasteiger charge is -2.40. The molecule has 1 fully saturated rings. The lowest BCUT2D eigenvalue weighted by molar-refractivity contribution is 0.0204. The summed E-state index contributed by atoms with van der Waals surface area (Å²) >= 11 is 0. The van der Waals surface area contributed by atoms with Gasteiger partial charge in [0.2, 0.25) is 0 Å². The first-order valence-electron chi connectivity index (χ1n) is 10.4. The molecule has 0 radical (unpaired) electrons. The zero-order valence-electron chi connectivity index (χ0n) is 18.1. The lowest BCUT2D eigenvalue weighted by Crippen LogP contribution is -2.48. The molecule has 1 heterocycles. The van der Waals surface area contributed by atoms with E-state index in [-0.39, 0.29) is 12.1 Å². The molecule has 0 spiro atoms. The first-order chi connectivity index (χ1) is 14.1. The Hall–Kier alpha value is -2.63. The molecule has 1 amide bonds. The van der Waals surface area contributed by atoms with Crippen molar-refractivity contribution in [1.82, 2.24) is 4.90 Å². The van der Waals surface area contributed by atoms with Gasteiger partial charge in [0.25, 0.3) is 0 Å². The van der Waals surface area contributed by atoms with Gasteiger partial charge in [0.1, 0.15) is 5.60 Å². The molecule has 2 aromatic rings. The summed E-state index contributed by atoms with van der Waals surface area (Å²) in [5, 5.41) is 0. The third-order valence-electron chi connectivity index (χ3n) is 5.23. The Labute approximate surface area is 177 Å². The number of rotatable bonds is 4. The minimum absolute atomic E-state index is 0.179. The quantitative estimate of drug-likeness (QED) is 0.643. The number of amides is 1. The van der Waals surface area contributed by atoms with Gasteiger partial charge in [0.15, 0.2) is 11.6 Å². The SMILES string of the molecule is Cc1cccc(N(Cc2ccc(F)c(F)c2)C2CCN(C(=O)OC(C)(C)C)CC2)c1. The van der Waals surface area contributed by atoms with Crippen LogP contribution in [0.1, 0.15) is 44.7 Å². The van der Waals surface area contributed by atoms with Crippen LogP contribution in [0.15, 0.2) is 42.5 Å². The highest BCUT2D eigenvalue weighted by atomic mass is 19.2. The van der Waals surface area contributed by atoms with Crippen molar-refractivity contribution in [1.29, 1.82) is 0 Å². The standard InChI is InChI=1S/C24H30F2N2O2/c1-17-6-5-7-20(14-17)28(16-18-8-9-21(25)22(26)15-18)19-10-12-27(13-11-19)23(29)30-24(2,3)4/h5-9,14-15,19H,10-13,16H2,1-4H3. The van der Waals surface area contributed by atoms with Crippen molar-refractivity contribution in [2.45, 2.75) is 58.7 Å². The van der Waals surface area contributed by atoms with E-state index in [1.807, 2.05) is 45.9 Å². The summed E-state index contributed by atoms with van der Waals surface area (Å²) in [6.07, 6.45) is 1.26. The average Bonchev–Trinajstić information content (AvgIpc) is 2.67. The monoisotopic (exact) mass is 416 g/mol. The summed E-state index contributed by atoms with van der Waals surface area (Å²) in [5.41, 5.74) is 2.36. The van der Waals surface area contributed by atoms with Crippen molar-refractivity contribution in [3.63, 3.8) is 0 Å². The van der Waals surface area contributed by atoms with Gasteiger partial charge in [0.05, 0.1) is 0 Å². The van der Waals surface area contributed by atoms with Crippen molar-refractivity contribution in [3.05, 3.63) is 65.2 Å². The highest BCUT2D eigenvalue weighted by Gasteiger charge is 2.30. The van der Waals surface area contributed by atoms with E-state index in [0.29, 0.717) is 25.2 Å². The molecule has 6 heteroatoms. The summed E-state index contributed by atoms with van der Waals surface area (Å²) < 4.78 is 32.6. The Kier molecular flexibility index (Phi) is 6.64. The second kappa shape index (κ2) is 9.02. The zero-order valence-corrected chi connectivity index (χ0v) is 18.1. The third kappa shape index (κ3) is 5.71. The molecule has 1 aliphatic heterocycles. The van der Waals surface area contributed by atoms with Crippen LogP contribution in [0.3, 0.4) is 0 Å². The van der Waals surface area contributed by atoms with Crippen LogP contribution in [0.2, 0.25) is 0 Å². The van der Waals surface area contributed by atoms with Gasteiger partial charge in [-0.25, -0.2) is 13.6 Å². The lowest BCUT2D eigenvalue weighted by atomic mass is 10.0. The van der Waals surface area contributed by atoms with E-state index in [0.717, 1.165) is 24.1 Å². The molecule has 4 nitrogen and oxygen atoms in total. The molecule has 0 aliphatic carbocycles. The van der Waals surface area contributed by atoms with Crippen LogP contribution in [0, 0.1) is 18.6 Å². The Balaban J connectivity index is 1.76. The largest absolute Gasteiger partial charge is 0.444 e. The maximum atomic E-state index is 13.8. The molecule has 0 atom stereocenters. The van der Waals surface area contributed by atoms with Gasteiger partial charge in [-0.2, -0.15) is 0 Å². The Bertz CT molecular complexity index is 887. The predicted molar refractivity (Wildman–Crippen MR) is 115 cm³/mol. The predicted octanol–water partition coefficient (Wildman–Crippen LogP) is 5.68. The Morgan fingerprint density at radius 2 is 1.80 bits per heavy atom. The third-order valence-corrected chi connectivity index (χ3v) is 5.23. The maximum Gasteiger partial charge on any atom is 0.410 e. The first kappa shape index (κ1) is 22.1. The van der Waals surface area contributed by atoms with Gasteiger partial charge >= 0.3 is 6.09 Å².